The Morgan fingerprint density at radius 3 is 2.71 bits per heavy atom. The van der Waals surface area contributed by atoms with Gasteiger partial charge in [-0.2, -0.15) is 0 Å². The van der Waals surface area contributed by atoms with Crippen molar-refractivity contribution in [2.45, 2.75) is 32.3 Å². The summed E-state index contributed by atoms with van der Waals surface area (Å²) in [5.41, 5.74) is 0. The first-order valence-electron chi connectivity index (χ1n) is 5.50. The smallest absolute Gasteiger partial charge is 0.259 e. The lowest BCUT2D eigenvalue weighted by Crippen LogP contribution is -2.29. The van der Waals surface area contributed by atoms with Gasteiger partial charge in [0.05, 0.1) is 0 Å². The Hall–Kier alpha value is -0.400. The fourth-order valence-electron chi connectivity index (χ4n) is 1.31. The van der Waals surface area contributed by atoms with E-state index in [0.717, 1.165) is 5.33 Å². The molecule has 0 radical (unpaired) electrons. The Kier molecular flexibility index (Phi) is 5.15. The van der Waals surface area contributed by atoms with Crippen LogP contribution in [-0.2, 0) is 16.6 Å². The van der Waals surface area contributed by atoms with Gasteiger partial charge >= 0.3 is 0 Å². The highest BCUT2D eigenvalue weighted by molar-refractivity contribution is 9.09. The fraction of sp³-hybridized carbons (Fsp3) is 0.700. The lowest BCUT2D eigenvalue weighted by atomic mass is 10.2. The lowest BCUT2D eigenvalue weighted by Gasteiger charge is -2.08. The molecule has 0 aliphatic rings. The van der Waals surface area contributed by atoms with Crippen LogP contribution < -0.4 is 4.72 Å². The van der Waals surface area contributed by atoms with Gasteiger partial charge in [0, 0.05) is 24.6 Å². The summed E-state index contributed by atoms with van der Waals surface area (Å²) < 4.78 is 28.2. The molecule has 5 nitrogen and oxygen atoms in total. The number of sulfonamides is 1. The molecule has 17 heavy (non-hydrogen) atoms. The number of hydrogen-bond acceptors (Lipinski definition) is 3. The molecule has 0 amide bonds. The van der Waals surface area contributed by atoms with E-state index in [1.165, 1.54) is 0 Å². The van der Waals surface area contributed by atoms with Gasteiger partial charge in [0.15, 0.2) is 5.03 Å². The van der Waals surface area contributed by atoms with Crippen LogP contribution in [-0.4, -0.2) is 29.8 Å². The molecule has 1 atom stereocenters. The van der Waals surface area contributed by atoms with Crippen molar-refractivity contribution in [1.29, 1.82) is 0 Å². The van der Waals surface area contributed by atoms with Crippen LogP contribution >= 0.6 is 15.9 Å². The molecule has 98 valence electrons. The number of nitrogens with one attached hydrogen (secondary N) is 1. The maximum absolute atomic E-state index is 11.9. The SMILES string of the molecule is CCn1cc(S(=O)(=O)NCC(C)CBr)nc1C. The lowest BCUT2D eigenvalue weighted by molar-refractivity contribution is 0.560. The predicted octanol–water partition coefficient (Wildman–Crippen LogP) is 1.52. The molecule has 0 spiro atoms. The van der Waals surface area contributed by atoms with E-state index in [0.29, 0.717) is 18.9 Å². The number of nitrogens with zero attached hydrogens (tertiary/aromatic N) is 2. The molecule has 0 aliphatic carbocycles. The zero-order valence-corrected chi connectivity index (χ0v) is 12.7. The van der Waals surface area contributed by atoms with Gasteiger partial charge in [0.1, 0.15) is 5.82 Å². The van der Waals surface area contributed by atoms with Crippen LogP contribution in [0, 0.1) is 12.8 Å². The molecule has 7 heteroatoms. The normalized spacial score (nSPS) is 13.9. The standard InChI is InChI=1S/C10H18BrN3O2S/c1-4-14-7-10(13-9(14)3)17(15,16)12-6-8(2)5-11/h7-8,12H,4-6H2,1-3H3. The summed E-state index contributed by atoms with van der Waals surface area (Å²) >= 11 is 3.31. The number of halogens is 1. The van der Waals surface area contributed by atoms with Gasteiger partial charge in [0.2, 0.25) is 0 Å². The topological polar surface area (TPSA) is 64.0 Å². The molecule has 0 aliphatic heterocycles. The van der Waals surface area contributed by atoms with Gasteiger partial charge in [-0.25, -0.2) is 18.1 Å². The highest BCUT2D eigenvalue weighted by Gasteiger charge is 2.19. The summed E-state index contributed by atoms with van der Waals surface area (Å²) in [6, 6.07) is 0. The summed E-state index contributed by atoms with van der Waals surface area (Å²) in [4.78, 5) is 4.06. The second-order valence-electron chi connectivity index (χ2n) is 4.02. The van der Waals surface area contributed by atoms with Gasteiger partial charge in [-0.1, -0.05) is 22.9 Å². The second kappa shape index (κ2) is 5.97. The number of rotatable bonds is 6. The predicted molar refractivity (Wildman–Crippen MR) is 70.8 cm³/mol. The zero-order valence-electron chi connectivity index (χ0n) is 10.3. The monoisotopic (exact) mass is 323 g/mol. The van der Waals surface area contributed by atoms with Crippen LogP contribution in [0.3, 0.4) is 0 Å². The molecule has 1 unspecified atom stereocenters. The molecule has 0 fully saturated rings. The van der Waals surface area contributed by atoms with Crippen LogP contribution in [0.4, 0.5) is 0 Å². The Labute approximate surface area is 111 Å². The molecule has 0 bridgehead atoms. The number of alkyl halides is 1. The minimum atomic E-state index is -3.48. The third-order valence-electron chi connectivity index (χ3n) is 2.46. The first-order chi connectivity index (χ1) is 7.90. The highest BCUT2D eigenvalue weighted by Crippen LogP contribution is 2.09. The quantitative estimate of drug-likeness (QED) is 0.807. The van der Waals surface area contributed by atoms with Gasteiger partial charge < -0.3 is 4.57 Å². The maximum atomic E-state index is 11.9. The minimum absolute atomic E-state index is 0.0959. The Bertz CT molecular complexity index is 470. The van der Waals surface area contributed by atoms with Crippen LogP contribution in [0.1, 0.15) is 19.7 Å². The van der Waals surface area contributed by atoms with E-state index in [1.807, 2.05) is 18.4 Å². The summed E-state index contributed by atoms with van der Waals surface area (Å²) in [5, 5.41) is 0.858. The first kappa shape index (κ1) is 14.7. The van der Waals surface area contributed by atoms with E-state index in [9.17, 15) is 8.42 Å². The van der Waals surface area contributed by atoms with E-state index < -0.39 is 10.0 Å². The summed E-state index contributed by atoms with van der Waals surface area (Å²) in [5.74, 6) is 0.959. The molecular formula is C10H18BrN3O2S. The number of hydrogen-bond donors (Lipinski definition) is 1. The summed E-state index contributed by atoms with van der Waals surface area (Å²) in [7, 11) is -3.48. The highest BCUT2D eigenvalue weighted by atomic mass is 79.9. The largest absolute Gasteiger partial charge is 0.334 e. The third-order valence-corrected chi connectivity index (χ3v) is 4.85. The van der Waals surface area contributed by atoms with Gasteiger partial charge in [-0.05, 0) is 19.8 Å². The molecule has 1 aromatic heterocycles. The van der Waals surface area contributed by atoms with E-state index >= 15 is 0 Å². The maximum Gasteiger partial charge on any atom is 0.259 e. The molecule has 1 aromatic rings. The van der Waals surface area contributed by atoms with Gasteiger partial charge in [-0.3, -0.25) is 0 Å². The number of imidazole rings is 1. The Morgan fingerprint density at radius 1 is 1.59 bits per heavy atom. The van der Waals surface area contributed by atoms with Crippen molar-refractivity contribution in [2.75, 3.05) is 11.9 Å². The minimum Gasteiger partial charge on any atom is -0.334 e. The average Bonchev–Trinajstić information content (AvgIpc) is 2.68. The summed E-state index contributed by atoms with van der Waals surface area (Å²) in [6.07, 6.45) is 1.57. The summed E-state index contributed by atoms with van der Waals surface area (Å²) in [6.45, 7) is 6.83. The van der Waals surface area contributed by atoms with E-state index in [4.69, 9.17) is 0 Å². The molecule has 1 heterocycles. The molecule has 0 aromatic carbocycles. The van der Waals surface area contributed by atoms with Crippen molar-refractivity contribution in [2.24, 2.45) is 5.92 Å². The van der Waals surface area contributed by atoms with Crippen molar-refractivity contribution < 1.29 is 8.42 Å². The Morgan fingerprint density at radius 2 is 2.24 bits per heavy atom. The zero-order chi connectivity index (χ0) is 13.1. The second-order valence-corrected chi connectivity index (χ2v) is 6.39. The van der Waals surface area contributed by atoms with Crippen LogP contribution in [0.2, 0.25) is 0 Å². The molecule has 1 rings (SSSR count). The molecule has 0 saturated carbocycles. The molecule has 1 N–H and O–H groups in total. The van der Waals surface area contributed by atoms with E-state index in [-0.39, 0.29) is 10.9 Å². The van der Waals surface area contributed by atoms with E-state index in [2.05, 4.69) is 25.6 Å². The number of aromatic nitrogens is 2. The number of aryl methyl sites for hydroxylation is 2. The van der Waals surface area contributed by atoms with Gasteiger partial charge in [-0.15, -0.1) is 0 Å². The Balaban J connectivity index is 2.82. The van der Waals surface area contributed by atoms with Crippen molar-refractivity contribution in [3.8, 4) is 0 Å². The third kappa shape index (κ3) is 3.79. The van der Waals surface area contributed by atoms with Crippen molar-refractivity contribution in [3.05, 3.63) is 12.0 Å². The fourth-order valence-corrected chi connectivity index (χ4v) is 2.71. The van der Waals surface area contributed by atoms with Crippen molar-refractivity contribution >= 4 is 26.0 Å². The van der Waals surface area contributed by atoms with Crippen molar-refractivity contribution in [1.82, 2.24) is 14.3 Å². The van der Waals surface area contributed by atoms with Crippen molar-refractivity contribution in [3.63, 3.8) is 0 Å². The van der Waals surface area contributed by atoms with Crippen LogP contribution in [0.25, 0.3) is 0 Å². The molecule has 0 saturated heterocycles. The van der Waals surface area contributed by atoms with Crippen LogP contribution in [0.15, 0.2) is 11.2 Å². The van der Waals surface area contributed by atoms with Gasteiger partial charge in [0.25, 0.3) is 10.0 Å². The van der Waals surface area contributed by atoms with E-state index in [1.54, 1.807) is 13.1 Å². The average molecular weight is 324 g/mol. The van der Waals surface area contributed by atoms with Crippen LogP contribution in [0.5, 0.6) is 0 Å². The molecular weight excluding hydrogens is 306 g/mol. The first-order valence-corrected chi connectivity index (χ1v) is 8.10.